The lowest BCUT2D eigenvalue weighted by atomic mass is 9.78. The largest absolute Gasteiger partial charge is 0.324 e. The Bertz CT molecular complexity index is 531. The third-order valence-corrected chi connectivity index (χ3v) is 5.24. The number of hydrogen-bond acceptors (Lipinski definition) is 3. The van der Waals surface area contributed by atoms with Gasteiger partial charge in [0.15, 0.2) is 0 Å². The highest BCUT2D eigenvalue weighted by Crippen LogP contribution is 2.28. The normalized spacial score (nSPS) is 18.3. The smallest absolute Gasteiger partial charge is 0.240 e. The molecule has 0 heterocycles. The van der Waals surface area contributed by atoms with Crippen molar-refractivity contribution in [2.75, 3.05) is 6.54 Å². The van der Waals surface area contributed by atoms with E-state index in [1.807, 2.05) is 12.1 Å². The van der Waals surface area contributed by atoms with Crippen LogP contribution in [-0.2, 0) is 10.0 Å². The maximum Gasteiger partial charge on any atom is 0.240 e. The van der Waals surface area contributed by atoms with E-state index in [1.165, 1.54) is 0 Å². The van der Waals surface area contributed by atoms with Crippen molar-refractivity contribution in [2.45, 2.75) is 49.5 Å². The van der Waals surface area contributed by atoms with Crippen LogP contribution >= 0.6 is 0 Å². The minimum absolute atomic E-state index is 0.305. The molecule has 1 aromatic carbocycles. The summed E-state index contributed by atoms with van der Waals surface area (Å²) in [6.45, 7) is 4.48. The van der Waals surface area contributed by atoms with Crippen LogP contribution in [0.3, 0.4) is 0 Å². The molecule has 0 radical (unpaired) electrons. The Labute approximate surface area is 115 Å². The minimum atomic E-state index is -3.44. The summed E-state index contributed by atoms with van der Waals surface area (Å²) >= 11 is 0. The van der Waals surface area contributed by atoms with Gasteiger partial charge in [-0.3, -0.25) is 0 Å². The van der Waals surface area contributed by atoms with Gasteiger partial charge in [0.1, 0.15) is 0 Å². The minimum Gasteiger partial charge on any atom is -0.324 e. The zero-order valence-corrected chi connectivity index (χ0v) is 12.3. The molecule has 2 rings (SSSR count). The number of sulfonamides is 1. The fourth-order valence-electron chi connectivity index (χ4n) is 2.16. The molecule has 3 N–H and O–H groups in total. The van der Waals surface area contributed by atoms with Crippen molar-refractivity contribution in [1.29, 1.82) is 0 Å². The van der Waals surface area contributed by atoms with E-state index in [2.05, 4.69) is 18.6 Å². The summed E-state index contributed by atoms with van der Waals surface area (Å²) in [6.07, 6.45) is 2.87. The molecule has 0 unspecified atom stereocenters. The molecule has 0 aliphatic heterocycles. The maximum absolute atomic E-state index is 12.1. The van der Waals surface area contributed by atoms with Gasteiger partial charge in [0.2, 0.25) is 10.0 Å². The maximum atomic E-state index is 12.1. The van der Waals surface area contributed by atoms with Crippen molar-refractivity contribution in [3.63, 3.8) is 0 Å². The fraction of sp³-hybridized carbons (Fsp3) is 0.571. The molecule has 4 nitrogen and oxygen atoms in total. The van der Waals surface area contributed by atoms with Gasteiger partial charge in [-0.1, -0.05) is 26.0 Å². The second-order valence-corrected chi connectivity index (χ2v) is 7.53. The van der Waals surface area contributed by atoms with E-state index < -0.39 is 10.0 Å². The van der Waals surface area contributed by atoms with Crippen LogP contribution in [0.2, 0.25) is 0 Å². The fourth-order valence-corrected chi connectivity index (χ4v) is 3.30. The van der Waals surface area contributed by atoms with Gasteiger partial charge < -0.3 is 5.73 Å². The van der Waals surface area contributed by atoms with Crippen LogP contribution in [-0.4, -0.2) is 20.5 Å². The van der Waals surface area contributed by atoms with Crippen molar-refractivity contribution < 1.29 is 8.42 Å². The molecule has 0 spiro atoms. The first-order valence-electron chi connectivity index (χ1n) is 6.71. The van der Waals surface area contributed by atoms with Gasteiger partial charge in [-0.2, -0.15) is 0 Å². The summed E-state index contributed by atoms with van der Waals surface area (Å²) < 4.78 is 26.9. The molecule has 0 atom stereocenters. The number of benzene rings is 1. The second-order valence-electron chi connectivity index (χ2n) is 5.76. The average Bonchev–Trinajstić information content (AvgIpc) is 2.34. The van der Waals surface area contributed by atoms with Gasteiger partial charge in [-0.05, 0) is 42.9 Å². The Balaban J connectivity index is 2.06. The highest BCUT2D eigenvalue weighted by molar-refractivity contribution is 7.89. The van der Waals surface area contributed by atoms with Gasteiger partial charge in [-0.25, -0.2) is 13.1 Å². The molecule has 0 aromatic heterocycles. The summed E-state index contributed by atoms with van der Waals surface area (Å²) in [4.78, 5) is 0.305. The summed E-state index contributed by atoms with van der Waals surface area (Å²) in [6, 6.07) is 7.03. The lowest BCUT2D eigenvalue weighted by molar-refractivity contribution is 0.251. The first-order chi connectivity index (χ1) is 8.82. The van der Waals surface area contributed by atoms with Crippen LogP contribution < -0.4 is 10.5 Å². The number of nitrogens with two attached hydrogens (primary N) is 1. The zero-order valence-electron chi connectivity index (χ0n) is 11.5. The SMILES string of the molecule is CC(C)c1ccc(S(=O)(=O)NCC2(N)CCC2)cc1. The van der Waals surface area contributed by atoms with Crippen LogP contribution in [0.5, 0.6) is 0 Å². The third-order valence-electron chi connectivity index (χ3n) is 3.82. The third kappa shape index (κ3) is 3.35. The monoisotopic (exact) mass is 282 g/mol. The molecule has 1 fully saturated rings. The van der Waals surface area contributed by atoms with E-state index in [0.717, 1.165) is 24.8 Å². The molecule has 0 amide bonds. The quantitative estimate of drug-likeness (QED) is 0.867. The molecule has 1 aliphatic carbocycles. The molecular formula is C14H22N2O2S. The Morgan fingerprint density at radius 1 is 1.26 bits per heavy atom. The molecule has 0 saturated heterocycles. The van der Waals surface area contributed by atoms with Crippen LogP contribution in [0.1, 0.15) is 44.6 Å². The van der Waals surface area contributed by atoms with E-state index >= 15 is 0 Å². The van der Waals surface area contributed by atoms with Crippen molar-refractivity contribution in [1.82, 2.24) is 4.72 Å². The highest BCUT2D eigenvalue weighted by Gasteiger charge is 2.33. The topological polar surface area (TPSA) is 72.2 Å². The lowest BCUT2D eigenvalue weighted by Gasteiger charge is -2.38. The van der Waals surface area contributed by atoms with Crippen LogP contribution in [0.4, 0.5) is 0 Å². The van der Waals surface area contributed by atoms with Crippen LogP contribution in [0.15, 0.2) is 29.2 Å². The van der Waals surface area contributed by atoms with Gasteiger partial charge in [0.25, 0.3) is 0 Å². The zero-order chi connectivity index (χ0) is 14.1. The highest BCUT2D eigenvalue weighted by atomic mass is 32.2. The molecule has 0 bridgehead atoms. The summed E-state index contributed by atoms with van der Waals surface area (Å²) in [5, 5.41) is 0. The predicted molar refractivity (Wildman–Crippen MR) is 76.5 cm³/mol. The molecule has 1 saturated carbocycles. The number of rotatable bonds is 5. The molecule has 1 aromatic rings. The predicted octanol–water partition coefficient (Wildman–Crippen LogP) is 1.97. The van der Waals surface area contributed by atoms with Crippen molar-refractivity contribution >= 4 is 10.0 Å². The number of hydrogen-bond donors (Lipinski definition) is 2. The molecule has 5 heteroatoms. The van der Waals surface area contributed by atoms with Gasteiger partial charge >= 0.3 is 0 Å². The molecule has 106 valence electrons. The van der Waals surface area contributed by atoms with Crippen molar-refractivity contribution in [2.24, 2.45) is 5.73 Å². The average molecular weight is 282 g/mol. The Morgan fingerprint density at radius 3 is 2.26 bits per heavy atom. The summed E-state index contributed by atoms with van der Waals surface area (Å²) in [5.74, 6) is 0.395. The first kappa shape index (κ1) is 14.5. The van der Waals surface area contributed by atoms with E-state index in [-0.39, 0.29) is 5.54 Å². The summed E-state index contributed by atoms with van der Waals surface area (Å²) in [7, 11) is -3.44. The van der Waals surface area contributed by atoms with Gasteiger partial charge in [0.05, 0.1) is 4.90 Å². The van der Waals surface area contributed by atoms with Crippen LogP contribution in [0, 0.1) is 0 Å². The molecule has 19 heavy (non-hydrogen) atoms. The standard InChI is InChI=1S/C14H22N2O2S/c1-11(2)12-4-6-13(7-5-12)19(17,18)16-10-14(15)8-3-9-14/h4-7,11,16H,3,8-10,15H2,1-2H3. The molecular weight excluding hydrogens is 260 g/mol. The van der Waals surface area contributed by atoms with Crippen molar-refractivity contribution in [3.8, 4) is 0 Å². The number of nitrogens with one attached hydrogen (secondary N) is 1. The van der Waals surface area contributed by atoms with E-state index in [4.69, 9.17) is 5.73 Å². The summed E-state index contributed by atoms with van der Waals surface area (Å²) in [5.41, 5.74) is 6.82. The Hall–Kier alpha value is -0.910. The molecule has 1 aliphatic rings. The van der Waals surface area contributed by atoms with E-state index in [0.29, 0.717) is 17.4 Å². The van der Waals surface area contributed by atoms with Gasteiger partial charge in [0, 0.05) is 12.1 Å². The van der Waals surface area contributed by atoms with Gasteiger partial charge in [-0.15, -0.1) is 0 Å². The van der Waals surface area contributed by atoms with E-state index in [9.17, 15) is 8.42 Å². The van der Waals surface area contributed by atoms with Crippen LogP contribution in [0.25, 0.3) is 0 Å². The second kappa shape index (κ2) is 5.23. The van der Waals surface area contributed by atoms with Crippen molar-refractivity contribution in [3.05, 3.63) is 29.8 Å². The lowest BCUT2D eigenvalue weighted by Crippen LogP contribution is -2.54. The Morgan fingerprint density at radius 2 is 1.84 bits per heavy atom. The first-order valence-corrected chi connectivity index (χ1v) is 8.19. The van der Waals surface area contributed by atoms with E-state index in [1.54, 1.807) is 12.1 Å². The Kier molecular flexibility index (Phi) is 3.99.